The van der Waals surface area contributed by atoms with Crippen molar-refractivity contribution in [2.24, 2.45) is 5.92 Å². The molecule has 1 aliphatic rings. The smallest absolute Gasteiger partial charge is 0.223 e. The van der Waals surface area contributed by atoms with E-state index in [0.717, 1.165) is 49.6 Å². The van der Waals surface area contributed by atoms with Crippen LogP contribution in [0.5, 0.6) is 0 Å². The number of amides is 1. The van der Waals surface area contributed by atoms with Gasteiger partial charge >= 0.3 is 0 Å². The number of para-hydroxylation sites is 1. The normalized spacial score (nSPS) is 15.8. The first-order valence-corrected chi connectivity index (χ1v) is 12.8. The van der Waals surface area contributed by atoms with Crippen LogP contribution < -0.4 is 5.32 Å². The number of carbonyl (C=O) groups excluding carboxylic acids is 1. The number of benzene rings is 3. The molecule has 35 heavy (non-hydrogen) atoms. The number of hydrogen-bond donors (Lipinski definition) is 1. The van der Waals surface area contributed by atoms with Crippen molar-refractivity contribution in [2.75, 3.05) is 13.1 Å². The fourth-order valence-electron chi connectivity index (χ4n) is 5.10. The standard InChI is InChI=1S/C30H32ClN3O/c1-22(24-7-3-2-4-8-24)32-30(35)25-15-17-33(18-16-25)21-28-19-26-9-5-6-10-29(26)34(28)20-23-11-13-27(31)14-12-23/h2-14,19,22,25H,15-18,20-21H2,1H3,(H,32,35)/t22-/m0/s1. The Morgan fingerprint density at radius 1 is 0.943 bits per heavy atom. The SMILES string of the molecule is C[C@H](NC(=O)C1CCN(Cc2cc3ccccc3n2Cc2ccc(Cl)cc2)CC1)c1ccccc1. The van der Waals surface area contributed by atoms with Crippen LogP contribution in [0.25, 0.3) is 10.9 Å². The van der Waals surface area contributed by atoms with Gasteiger partial charge < -0.3 is 9.88 Å². The zero-order valence-corrected chi connectivity index (χ0v) is 20.9. The first-order valence-electron chi connectivity index (χ1n) is 12.5. The summed E-state index contributed by atoms with van der Waals surface area (Å²) < 4.78 is 2.42. The summed E-state index contributed by atoms with van der Waals surface area (Å²) in [6.07, 6.45) is 1.79. The molecule has 180 valence electrons. The van der Waals surface area contributed by atoms with E-state index in [1.54, 1.807) is 0 Å². The van der Waals surface area contributed by atoms with Crippen LogP contribution in [-0.4, -0.2) is 28.5 Å². The number of fused-ring (bicyclic) bond motifs is 1. The van der Waals surface area contributed by atoms with E-state index in [1.807, 2.05) is 30.3 Å². The number of nitrogens with zero attached hydrogens (tertiary/aromatic N) is 2. The van der Waals surface area contributed by atoms with Gasteiger partial charge in [0.1, 0.15) is 0 Å². The lowest BCUT2D eigenvalue weighted by atomic mass is 9.95. The van der Waals surface area contributed by atoms with Gasteiger partial charge in [0, 0.05) is 35.2 Å². The molecule has 0 radical (unpaired) electrons. The molecule has 1 aromatic heterocycles. The largest absolute Gasteiger partial charge is 0.349 e. The number of nitrogens with one attached hydrogen (secondary N) is 1. The average Bonchev–Trinajstić information content (AvgIpc) is 3.23. The summed E-state index contributed by atoms with van der Waals surface area (Å²) in [7, 11) is 0. The van der Waals surface area contributed by atoms with Crippen LogP contribution in [0.2, 0.25) is 5.02 Å². The van der Waals surface area contributed by atoms with Crippen LogP contribution in [0, 0.1) is 5.92 Å². The summed E-state index contributed by atoms with van der Waals surface area (Å²) in [5, 5.41) is 5.24. The van der Waals surface area contributed by atoms with Crippen molar-refractivity contribution in [1.82, 2.24) is 14.8 Å². The van der Waals surface area contributed by atoms with Gasteiger partial charge in [-0.25, -0.2) is 0 Å². The first kappa shape index (κ1) is 23.7. The minimum Gasteiger partial charge on any atom is -0.349 e. The first-order chi connectivity index (χ1) is 17.1. The van der Waals surface area contributed by atoms with Gasteiger partial charge in [-0.3, -0.25) is 9.69 Å². The van der Waals surface area contributed by atoms with Crippen molar-refractivity contribution >= 4 is 28.4 Å². The van der Waals surface area contributed by atoms with Gasteiger partial charge in [0.15, 0.2) is 0 Å². The Kier molecular flexibility index (Phi) is 7.21. The Morgan fingerprint density at radius 2 is 1.63 bits per heavy atom. The van der Waals surface area contributed by atoms with E-state index in [9.17, 15) is 4.79 Å². The van der Waals surface area contributed by atoms with Gasteiger partial charge in [0.25, 0.3) is 0 Å². The Labute approximate surface area is 212 Å². The van der Waals surface area contributed by atoms with E-state index in [0.29, 0.717) is 0 Å². The molecule has 4 aromatic rings. The molecule has 1 fully saturated rings. The Balaban J connectivity index is 1.23. The lowest BCUT2D eigenvalue weighted by Crippen LogP contribution is -2.41. The van der Waals surface area contributed by atoms with Gasteiger partial charge in [-0.05, 0) is 73.6 Å². The van der Waals surface area contributed by atoms with E-state index in [1.165, 1.54) is 22.2 Å². The monoisotopic (exact) mass is 485 g/mol. The van der Waals surface area contributed by atoms with Gasteiger partial charge in [0.05, 0.1) is 6.04 Å². The molecule has 3 aromatic carbocycles. The van der Waals surface area contributed by atoms with Crippen molar-refractivity contribution in [3.05, 3.63) is 107 Å². The molecule has 5 heteroatoms. The van der Waals surface area contributed by atoms with Crippen molar-refractivity contribution in [1.29, 1.82) is 0 Å². The second-order valence-electron chi connectivity index (χ2n) is 9.60. The van der Waals surface area contributed by atoms with Crippen LogP contribution in [0.1, 0.15) is 42.6 Å². The van der Waals surface area contributed by atoms with Crippen LogP contribution in [0.4, 0.5) is 0 Å². The maximum Gasteiger partial charge on any atom is 0.223 e. The van der Waals surface area contributed by atoms with E-state index in [-0.39, 0.29) is 17.9 Å². The lowest BCUT2D eigenvalue weighted by molar-refractivity contribution is -0.127. The highest BCUT2D eigenvalue weighted by atomic mass is 35.5. The summed E-state index contributed by atoms with van der Waals surface area (Å²) in [6.45, 7) is 5.62. The molecule has 2 heterocycles. The third kappa shape index (κ3) is 5.61. The van der Waals surface area contributed by atoms with Gasteiger partial charge in [-0.2, -0.15) is 0 Å². The summed E-state index contributed by atoms with van der Waals surface area (Å²) in [5.74, 6) is 0.259. The van der Waals surface area contributed by atoms with Gasteiger partial charge in [0.2, 0.25) is 5.91 Å². The fraction of sp³-hybridized carbons (Fsp3) is 0.300. The van der Waals surface area contributed by atoms with Crippen LogP contribution >= 0.6 is 11.6 Å². The molecule has 1 amide bonds. The highest BCUT2D eigenvalue weighted by molar-refractivity contribution is 6.30. The number of piperidine rings is 1. The number of halogens is 1. The quantitative estimate of drug-likeness (QED) is 0.327. The maximum absolute atomic E-state index is 12.9. The minimum atomic E-state index is 0.0327. The number of carbonyl (C=O) groups is 1. The molecule has 1 aliphatic heterocycles. The number of aromatic nitrogens is 1. The number of rotatable bonds is 7. The predicted molar refractivity (Wildman–Crippen MR) is 143 cm³/mol. The van der Waals surface area contributed by atoms with Crippen molar-refractivity contribution in [3.63, 3.8) is 0 Å². The van der Waals surface area contributed by atoms with Crippen LogP contribution in [0.15, 0.2) is 84.9 Å². The third-order valence-electron chi connectivity index (χ3n) is 7.15. The van der Waals surface area contributed by atoms with E-state index in [4.69, 9.17) is 11.6 Å². The molecule has 0 bridgehead atoms. The maximum atomic E-state index is 12.9. The highest BCUT2D eigenvalue weighted by Gasteiger charge is 2.26. The van der Waals surface area contributed by atoms with Gasteiger partial charge in [-0.1, -0.05) is 72.3 Å². The molecular weight excluding hydrogens is 454 g/mol. The van der Waals surface area contributed by atoms with E-state index in [2.05, 4.69) is 76.3 Å². The molecule has 1 N–H and O–H groups in total. The summed E-state index contributed by atoms with van der Waals surface area (Å²) in [6, 6.07) is 29.2. The zero-order valence-electron chi connectivity index (χ0n) is 20.2. The topological polar surface area (TPSA) is 37.3 Å². The van der Waals surface area contributed by atoms with Crippen molar-refractivity contribution in [3.8, 4) is 0 Å². The zero-order chi connectivity index (χ0) is 24.2. The molecule has 0 unspecified atom stereocenters. The molecule has 5 rings (SSSR count). The molecule has 0 spiro atoms. The van der Waals surface area contributed by atoms with Crippen molar-refractivity contribution < 1.29 is 4.79 Å². The fourth-order valence-corrected chi connectivity index (χ4v) is 5.22. The predicted octanol–water partition coefficient (Wildman–Crippen LogP) is 6.43. The van der Waals surface area contributed by atoms with E-state index >= 15 is 0 Å². The van der Waals surface area contributed by atoms with Gasteiger partial charge in [-0.15, -0.1) is 0 Å². The average molecular weight is 486 g/mol. The lowest BCUT2D eigenvalue weighted by Gasteiger charge is -2.32. The molecular formula is C30H32ClN3O. The molecule has 4 nitrogen and oxygen atoms in total. The second-order valence-corrected chi connectivity index (χ2v) is 10.0. The van der Waals surface area contributed by atoms with Crippen LogP contribution in [-0.2, 0) is 17.9 Å². The second kappa shape index (κ2) is 10.7. The van der Waals surface area contributed by atoms with Crippen LogP contribution in [0.3, 0.4) is 0 Å². The third-order valence-corrected chi connectivity index (χ3v) is 7.40. The summed E-state index contributed by atoms with van der Waals surface area (Å²) >= 11 is 6.10. The van der Waals surface area contributed by atoms with E-state index < -0.39 is 0 Å². The summed E-state index contributed by atoms with van der Waals surface area (Å²) in [5.41, 5.74) is 4.94. The Hall–Kier alpha value is -3.08. The highest BCUT2D eigenvalue weighted by Crippen LogP contribution is 2.26. The van der Waals surface area contributed by atoms with Crippen molar-refractivity contribution in [2.45, 2.75) is 38.9 Å². The summed E-state index contributed by atoms with van der Waals surface area (Å²) in [4.78, 5) is 15.4. The Morgan fingerprint density at radius 3 is 2.37 bits per heavy atom. The number of likely N-dealkylation sites (tertiary alicyclic amines) is 1. The minimum absolute atomic E-state index is 0.0327. The molecule has 0 saturated carbocycles. The Bertz CT molecular complexity index is 1270. The molecule has 1 atom stereocenters. The molecule has 1 saturated heterocycles. The number of hydrogen-bond acceptors (Lipinski definition) is 2. The molecule has 0 aliphatic carbocycles.